The molecule has 2 aromatic heterocycles. The summed E-state index contributed by atoms with van der Waals surface area (Å²) in [4.78, 5) is 17.8. The maximum absolute atomic E-state index is 12.4. The zero-order valence-corrected chi connectivity index (χ0v) is 15.4. The van der Waals surface area contributed by atoms with E-state index in [1.54, 1.807) is 0 Å². The zero-order valence-electron chi connectivity index (χ0n) is 13.0. The van der Waals surface area contributed by atoms with Crippen LogP contribution in [-0.4, -0.2) is 15.5 Å². The monoisotopic (exact) mass is 401 g/mol. The molecule has 4 nitrogen and oxygen atoms in total. The molecule has 1 aliphatic heterocycles. The standard InChI is InChI=1S/C18H16BrN3OS/c19-14-7-9-24-17(14)18(23)20-13-5-3-4-12(10-13)15-11-22-8-2-1-6-16(22)21-15/h3-5,7,9-11H,1-2,6,8H2,(H,20,23). The number of thiophene rings is 1. The lowest BCUT2D eigenvalue weighted by Gasteiger charge is -2.11. The first-order valence-electron chi connectivity index (χ1n) is 7.91. The van der Waals surface area contributed by atoms with Crippen molar-refractivity contribution in [2.45, 2.75) is 25.8 Å². The van der Waals surface area contributed by atoms with Crippen LogP contribution in [0.3, 0.4) is 0 Å². The van der Waals surface area contributed by atoms with E-state index in [2.05, 4.69) is 32.0 Å². The Morgan fingerprint density at radius 3 is 3.00 bits per heavy atom. The van der Waals surface area contributed by atoms with Gasteiger partial charge in [-0.15, -0.1) is 11.3 Å². The average Bonchev–Trinajstić information content (AvgIpc) is 3.21. The second-order valence-corrected chi connectivity index (χ2v) is 7.60. The van der Waals surface area contributed by atoms with Crippen LogP contribution in [0.15, 0.2) is 46.4 Å². The molecule has 1 amide bonds. The molecule has 0 atom stereocenters. The topological polar surface area (TPSA) is 46.9 Å². The second-order valence-electron chi connectivity index (χ2n) is 5.83. The lowest BCUT2D eigenvalue weighted by molar-refractivity contribution is 0.103. The van der Waals surface area contributed by atoms with Crippen molar-refractivity contribution in [1.82, 2.24) is 9.55 Å². The highest BCUT2D eigenvalue weighted by Crippen LogP contribution is 2.27. The molecule has 3 aromatic rings. The molecule has 0 spiro atoms. The van der Waals surface area contributed by atoms with Crippen molar-refractivity contribution in [3.63, 3.8) is 0 Å². The van der Waals surface area contributed by atoms with Crippen LogP contribution in [0.1, 0.15) is 28.3 Å². The first kappa shape index (κ1) is 15.6. The summed E-state index contributed by atoms with van der Waals surface area (Å²) in [5, 5.41) is 4.86. The fraction of sp³-hybridized carbons (Fsp3) is 0.222. The van der Waals surface area contributed by atoms with E-state index >= 15 is 0 Å². The van der Waals surface area contributed by atoms with Gasteiger partial charge in [-0.1, -0.05) is 12.1 Å². The van der Waals surface area contributed by atoms with E-state index < -0.39 is 0 Å². The third kappa shape index (κ3) is 3.03. The summed E-state index contributed by atoms with van der Waals surface area (Å²) >= 11 is 4.82. The van der Waals surface area contributed by atoms with Crippen molar-refractivity contribution in [2.75, 3.05) is 5.32 Å². The van der Waals surface area contributed by atoms with Crippen molar-refractivity contribution in [1.29, 1.82) is 0 Å². The summed E-state index contributed by atoms with van der Waals surface area (Å²) < 4.78 is 3.07. The summed E-state index contributed by atoms with van der Waals surface area (Å²) in [7, 11) is 0. The minimum Gasteiger partial charge on any atom is -0.334 e. The number of nitrogens with one attached hydrogen (secondary N) is 1. The summed E-state index contributed by atoms with van der Waals surface area (Å²) in [5.41, 5.74) is 2.78. The minimum absolute atomic E-state index is 0.0989. The smallest absolute Gasteiger partial charge is 0.266 e. The van der Waals surface area contributed by atoms with Crippen molar-refractivity contribution in [3.8, 4) is 11.3 Å². The summed E-state index contributed by atoms with van der Waals surface area (Å²) in [5.74, 6) is 1.06. The van der Waals surface area contributed by atoms with E-state index in [1.165, 1.54) is 24.2 Å². The number of halogens is 1. The number of carbonyl (C=O) groups excluding carboxylic acids is 1. The molecule has 0 saturated heterocycles. The quantitative estimate of drug-likeness (QED) is 0.673. The number of aromatic nitrogens is 2. The zero-order chi connectivity index (χ0) is 16.5. The van der Waals surface area contributed by atoms with Crippen LogP contribution in [-0.2, 0) is 13.0 Å². The second kappa shape index (κ2) is 6.53. The third-order valence-electron chi connectivity index (χ3n) is 4.15. The van der Waals surface area contributed by atoms with Gasteiger partial charge in [0.1, 0.15) is 10.7 Å². The molecule has 24 heavy (non-hydrogen) atoms. The van der Waals surface area contributed by atoms with E-state index in [-0.39, 0.29) is 5.91 Å². The van der Waals surface area contributed by atoms with Crippen molar-refractivity contribution < 1.29 is 4.79 Å². The molecule has 0 bridgehead atoms. The van der Waals surface area contributed by atoms with Crippen LogP contribution >= 0.6 is 27.3 Å². The first-order valence-corrected chi connectivity index (χ1v) is 9.59. The Kier molecular flexibility index (Phi) is 4.24. The maximum Gasteiger partial charge on any atom is 0.266 e. The van der Waals surface area contributed by atoms with E-state index in [0.29, 0.717) is 4.88 Å². The molecule has 0 fully saturated rings. The predicted octanol–water partition coefficient (Wildman–Crippen LogP) is 4.96. The van der Waals surface area contributed by atoms with E-state index in [1.807, 2.05) is 35.7 Å². The number of rotatable bonds is 3. The van der Waals surface area contributed by atoms with E-state index in [9.17, 15) is 4.79 Å². The number of fused-ring (bicyclic) bond motifs is 1. The largest absolute Gasteiger partial charge is 0.334 e. The van der Waals surface area contributed by atoms with Crippen LogP contribution in [0, 0.1) is 0 Å². The summed E-state index contributed by atoms with van der Waals surface area (Å²) in [6, 6.07) is 9.75. The molecular weight excluding hydrogens is 386 g/mol. The number of benzene rings is 1. The Morgan fingerprint density at radius 2 is 2.21 bits per heavy atom. The molecular formula is C18H16BrN3OS. The van der Waals surface area contributed by atoms with Gasteiger partial charge in [0.15, 0.2) is 0 Å². The average molecular weight is 402 g/mol. The Labute approximate surface area is 152 Å². The number of anilines is 1. The predicted molar refractivity (Wildman–Crippen MR) is 101 cm³/mol. The highest BCUT2D eigenvalue weighted by molar-refractivity contribution is 9.10. The molecule has 1 aromatic carbocycles. The molecule has 6 heteroatoms. The normalized spacial score (nSPS) is 13.5. The summed E-state index contributed by atoms with van der Waals surface area (Å²) in [6.07, 6.45) is 5.59. The molecule has 0 radical (unpaired) electrons. The van der Waals surface area contributed by atoms with Crippen LogP contribution in [0.5, 0.6) is 0 Å². The SMILES string of the molecule is O=C(Nc1cccc(-c2cn3c(n2)CCCC3)c1)c1sccc1Br. The number of amides is 1. The highest BCUT2D eigenvalue weighted by Gasteiger charge is 2.15. The van der Waals surface area contributed by atoms with Crippen molar-refractivity contribution >= 4 is 38.9 Å². The highest BCUT2D eigenvalue weighted by atomic mass is 79.9. The Morgan fingerprint density at radius 1 is 1.29 bits per heavy atom. The molecule has 3 heterocycles. The number of nitrogens with zero attached hydrogens (tertiary/aromatic N) is 2. The lowest BCUT2D eigenvalue weighted by Crippen LogP contribution is -2.10. The fourth-order valence-corrected chi connectivity index (χ4v) is 4.40. The van der Waals surface area contributed by atoms with Crippen molar-refractivity contribution in [2.24, 2.45) is 0 Å². The van der Waals surface area contributed by atoms with Gasteiger partial charge in [-0.05, 0) is 52.4 Å². The number of hydrogen-bond donors (Lipinski definition) is 1. The molecule has 1 N–H and O–H groups in total. The number of hydrogen-bond acceptors (Lipinski definition) is 3. The van der Waals surface area contributed by atoms with Crippen LogP contribution in [0.2, 0.25) is 0 Å². The van der Waals surface area contributed by atoms with Gasteiger partial charge in [-0.2, -0.15) is 0 Å². The van der Waals surface area contributed by atoms with E-state index in [0.717, 1.165) is 40.2 Å². The number of imidazole rings is 1. The van der Waals surface area contributed by atoms with Gasteiger partial charge in [0.05, 0.1) is 5.69 Å². The van der Waals surface area contributed by atoms with Gasteiger partial charge in [0, 0.05) is 34.9 Å². The van der Waals surface area contributed by atoms with Gasteiger partial charge < -0.3 is 9.88 Å². The van der Waals surface area contributed by atoms with E-state index in [4.69, 9.17) is 4.98 Å². The van der Waals surface area contributed by atoms with Gasteiger partial charge in [0.25, 0.3) is 5.91 Å². The van der Waals surface area contributed by atoms with Gasteiger partial charge in [-0.3, -0.25) is 4.79 Å². The molecule has 0 aliphatic carbocycles. The van der Waals surface area contributed by atoms with Crippen LogP contribution < -0.4 is 5.32 Å². The van der Waals surface area contributed by atoms with Gasteiger partial charge in [-0.25, -0.2) is 4.98 Å². The molecule has 0 unspecified atom stereocenters. The maximum atomic E-state index is 12.4. The first-order chi connectivity index (χ1) is 11.7. The van der Waals surface area contributed by atoms with Gasteiger partial charge in [0.2, 0.25) is 0 Å². The molecule has 122 valence electrons. The third-order valence-corrected chi connectivity index (χ3v) is 5.98. The molecule has 1 aliphatic rings. The minimum atomic E-state index is -0.0989. The Balaban J connectivity index is 1.58. The molecule has 4 rings (SSSR count). The molecule has 0 saturated carbocycles. The summed E-state index contributed by atoms with van der Waals surface area (Å²) in [6.45, 7) is 1.05. The van der Waals surface area contributed by atoms with Crippen LogP contribution in [0.25, 0.3) is 11.3 Å². The van der Waals surface area contributed by atoms with Crippen LogP contribution in [0.4, 0.5) is 5.69 Å². The lowest BCUT2D eigenvalue weighted by atomic mass is 10.1. The fourth-order valence-electron chi connectivity index (χ4n) is 2.95. The number of carbonyl (C=O) groups is 1. The Hall–Kier alpha value is -1.92. The van der Waals surface area contributed by atoms with Gasteiger partial charge >= 0.3 is 0 Å². The number of aryl methyl sites for hydroxylation is 2. The Bertz CT molecular complexity index is 876. The van der Waals surface area contributed by atoms with Crippen molar-refractivity contribution in [3.05, 3.63) is 57.1 Å².